The molecule has 0 saturated heterocycles. The predicted molar refractivity (Wildman–Crippen MR) is 52.6 cm³/mol. The molecule has 0 aromatic heterocycles. The number of carboxylic acids is 1. The van der Waals surface area contributed by atoms with Crippen LogP contribution in [-0.4, -0.2) is 34.3 Å². The Morgan fingerprint density at radius 1 is 1.53 bits per heavy atom. The van der Waals surface area contributed by atoms with E-state index in [4.69, 9.17) is 14.9 Å². The summed E-state index contributed by atoms with van der Waals surface area (Å²) in [5.74, 6) is -3.19. The number of benzene rings is 1. The van der Waals surface area contributed by atoms with Crippen LogP contribution in [0.2, 0.25) is 0 Å². The summed E-state index contributed by atoms with van der Waals surface area (Å²) in [7, 11) is 0. The molecule has 0 spiro atoms. The van der Waals surface area contributed by atoms with Crippen molar-refractivity contribution in [2.24, 2.45) is 0 Å². The molecule has 17 heavy (non-hydrogen) atoms. The van der Waals surface area contributed by atoms with Gasteiger partial charge in [-0.25, -0.2) is 9.18 Å². The van der Waals surface area contributed by atoms with Crippen molar-refractivity contribution in [2.75, 3.05) is 13.2 Å². The highest BCUT2D eigenvalue weighted by Crippen LogP contribution is 2.30. The lowest BCUT2D eigenvalue weighted by molar-refractivity contribution is -0.386. The van der Waals surface area contributed by atoms with Crippen molar-refractivity contribution in [1.29, 1.82) is 0 Å². The Labute approximate surface area is 94.2 Å². The number of rotatable bonds is 5. The van der Waals surface area contributed by atoms with Gasteiger partial charge in [0, 0.05) is 6.07 Å². The van der Waals surface area contributed by atoms with Crippen molar-refractivity contribution in [1.82, 2.24) is 0 Å². The zero-order chi connectivity index (χ0) is 13.0. The number of aliphatic hydroxyl groups is 1. The Morgan fingerprint density at radius 2 is 2.18 bits per heavy atom. The number of carboxylic acid groups (broad SMARTS) is 1. The Bertz CT molecular complexity index is 461. The summed E-state index contributed by atoms with van der Waals surface area (Å²) in [5.41, 5.74) is -1.43. The van der Waals surface area contributed by atoms with Gasteiger partial charge in [-0.3, -0.25) is 10.1 Å². The number of hydrogen-bond donors (Lipinski definition) is 2. The van der Waals surface area contributed by atoms with Crippen molar-refractivity contribution < 1.29 is 29.1 Å². The second kappa shape index (κ2) is 5.21. The molecule has 0 heterocycles. The van der Waals surface area contributed by atoms with Gasteiger partial charge in [0.2, 0.25) is 0 Å². The molecular formula is C9H8FNO6. The number of nitro groups is 1. The molecule has 7 nitrogen and oxygen atoms in total. The summed E-state index contributed by atoms with van der Waals surface area (Å²) < 4.78 is 17.9. The summed E-state index contributed by atoms with van der Waals surface area (Å²) in [6.45, 7) is -0.664. The first-order valence-electron chi connectivity index (χ1n) is 4.42. The molecular weight excluding hydrogens is 237 g/mol. The quantitative estimate of drug-likeness (QED) is 0.586. The molecule has 0 aliphatic carbocycles. The van der Waals surface area contributed by atoms with E-state index in [9.17, 15) is 19.3 Å². The van der Waals surface area contributed by atoms with E-state index in [-0.39, 0.29) is 6.61 Å². The smallest absolute Gasteiger partial charge is 0.338 e. The molecule has 1 rings (SSSR count). The summed E-state index contributed by atoms with van der Waals surface area (Å²) in [6, 6.07) is 1.18. The Hall–Kier alpha value is -2.22. The van der Waals surface area contributed by atoms with Crippen LogP contribution >= 0.6 is 0 Å². The first kappa shape index (κ1) is 12.8. The van der Waals surface area contributed by atoms with E-state index < -0.39 is 40.3 Å². The Morgan fingerprint density at radius 3 is 2.65 bits per heavy atom. The van der Waals surface area contributed by atoms with Gasteiger partial charge in [0.1, 0.15) is 12.4 Å². The lowest BCUT2D eigenvalue weighted by Crippen LogP contribution is -2.07. The summed E-state index contributed by atoms with van der Waals surface area (Å²) in [4.78, 5) is 20.3. The van der Waals surface area contributed by atoms with E-state index in [2.05, 4.69) is 0 Å². The minimum atomic E-state index is -1.56. The highest BCUT2D eigenvalue weighted by atomic mass is 19.1. The number of halogens is 1. The monoisotopic (exact) mass is 245 g/mol. The zero-order valence-electron chi connectivity index (χ0n) is 8.42. The van der Waals surface area contributed by atoms with E-state index in [0.717, 1.165) is 0 Å². The van der Waals surface area contributed by atoms with Crippen LogP contribution in [0.5, 0.6) is 5.75 Å². The van der Waals surface area contributed by atoms with Crippen LogP contribution in [0.15, 0.2) is 12.1 Å². The third kappa shape index (κ3) is 2.88. The van der Waals surface area contributed by atoms with Gasteiger partial charge in [0.15, 0.2) is 5.75 Å². The molecule has 92 valence electrons. The number of hydrogen-bond acceptors (Lipinski definition) is 5. The van der Waals surface area contributed by atoms with E-state index in [1.54, 1.807) is 0 Å². The van der Waals surface area contributed by atoms with Gasteiger partial charge in [0.05, 0.1) is 23.2 Å². The number of nitro benzene ring substituents is 1. The highest BCUT2D eigenvalue weighted by Gasteiger charge is 2.22. The average molecular weight is 245 g/mol. The van der Waals surface area contributed by atoms with E-state index in [0.29, 0.717) is 12.1 Å². The lowest BCUT2D eigenvalue weighted by Gasteiger charge is -2.06. The maximum atomic E-state index is 13.2. The maximum Gasteiger partial charge on any atom is 0.338 e. The Kier molecular flexibility index (Phi) is 3.94. The summed E-state index contributed by atoms with van der Waals surface area (Å²) >= 11 is 0. The molecule has 0 aliphatic heterocycles. The minimum absolute atomic E-state index is 0.258. The summed E-state index contributed by atoms with van der Waals surface area (Å²) in [6.07, 6.45) is 0. The number of carbonyl (C=O) groups is 1. The molecule has 1 aromatic rings. The minimum Gasteiger partial charge on any atom is -0.484 e. The van der Waals surface area contributed by atoms with Crippen molar-refractivity contribution in [3.05, 3.63) is 33.6 Å². The highest BCUT2D eigenvalue weighted by molar-refractivity contribution is 5.89. The number of ether oxygens (including phenoxy) is 1. The van der Waals surface area contributed by atoms with Crippen molar-refractivity contribution in [3.63, 3.8) is 0 Å². The van der Waals surface area contributed by atoms with Crippen LogP contribution in [0.4, 0.5) is 10.1 Å². The number of nitrogens with zero attached hydrogens (tertiary/aromatic N) is 1. The third-order valence-electron chi connectivity index (χ3n) is 1.82. The topological polar surface area (TPSA) is 110 Å². The van der Waals surface area contributed by atoms with Crippen molar-refractivity contribution >= 4 is 11.7 Å². The van der Waals surface area contributed by atoms with Gasteiger partial charge in [-0.2, -0.15) is 0 Å². The molecule has 0 bridgehead atoms. The van der Waals surface area contributed by atoms with Gasteiger partial charge in [-0.05, 0) is 0 Å². The van der Waals surface area contributed by atoms with Crippen molar-refractivity contribution in [2.45, 2.75) is 0 Å². The molecule has 0 radical (unpaired) electrons. The zero-order valence-corrected chi connectivity index (χ0v) is 8.42. The lowest BCUT2D eigenvalue weighted by atomic mass is 10.2. The largest absolute Gasteiger partial charge is 0.484 e. The fraction of sp³-hybridized carbons (Fsp3) is 0.222. The van der Waals surface area contributed by atoms with Crippen LogP contribution in [0.1, 0.15) is 10.4 Å². The van der Waals surface area contributed by atoms with Crippen LogP contribution < -0.4 is 4.74 Å². The SMILES string of the molecule is O=C(O)c1cc(OCCO)c([N+](=O)[O-])cc1F. The molecule has 0 aliphatic rings. The van der Waals surface area contributed by atoms with Gasteiger partial charge in [-0.15, -0.1) is 0 Å². The molecule has 0 amide bonds. The number of aromatic carboxylic acids is 1. The van der Waals surface area contributed by atoms with E-state index in [1.807, 2.05) is 0 Å². The van der Waals surface area contributed by atoms with E-state index in [1.165, 1.54) is 0 Å². The fourth-order valence-corrected chi connectivity index (χ4v) is 1.12. The molecule has 0 atom stereocenters. The second-order valence-electron chi connectivity index (χ2n) is 2.93. The molecule has 2 N–H and O–H groups in total. The predicted octanol–water partition coefficient (Wildman–Crippen LogP) is 0.803. The van der Waals surface area contributed by atoms with Crippen molar-refractivity contribution in [3.8, 4) is 5.75 Å². The van der Waals surface area contributed by atoms with Gasteiger partial charge in [-0.1, -0.05) is 0 Å². The standard InChI is InChI=1S/C9H8FNO6/c10-6-4-7(11(15)16)8(17-2-1-12)3-5(6)9(13)14/h3-4,12H,1-2H2,(H,13,14). The first-order chi connectivity index (χ1) is 7.97. The third-order valence-corrected chi connectivity index (χ3v) is 1.82. The van der Waals surface area contributed by atoms with Gasteiger partial charge in [0.25, 0.3) is 0 Å². The Balaban J connectivity index is 3.26. The van der Waals surface area contributed by atoms with Crippen LogP contribution in [0, 0.1) is 15.9 Å². The average Bonchev–Trinajstić information content (AvgIpc) is 2.26. The molecule has 1 aromatic carbocycles. The van der Waals surface area contributed by atoms with Crippen LogP contribution in [0.3, 0.4) is 0 Å². The number of aliphatic hydroxyl groups excluding tert-OH is 1. The normalized spacial score (nSPS) is 10.0. The van der Waals surface area contributed by atoms with Gasteiger partial charge >= 0.3 is 11.7 Å². The first-order valence-corrected chi connectivity index (χ1v) is 4.42. The molecule has 0 unspecified atom stereocenters. The van der Waals surface area contributed by atoms with E-state index >= 15 is 0 Å². The molecule has 0 saturated carbocycles. The molecule has 0 fully saturated rings. The second-order valence-corrected chi connectivity index (χ2v) is 2.93. The summed E-state index contributed by atoms with van der Waals surface area (Å²) in [5, 5.41) is 27.7. The van der Waals surface area contributed by atoms with Crippen LogP contribution in [-0.2, 0) is 0 Å². The maximum absolute atomic E-state index is 13.2. The van der Waals surface area contributed by atoms with Gasteiger partial charge < -0.3 is 14.9 Å². The fourth-order valence-electron chi connectivity index (χ4n) is 1.12. The molecule has 8 heteroatoms. The van der Waals surface area contributed by atoms with Crippen LogP contribution in [0.25, 0.3) is 0 Å².